The van der Waals surface area contributed by atoms with E-state index < -0.39 is 6.61 Å². The maximum atomic E-state index is 12.0. The minimum Gasteiger partial charge on any atom is -0.435 e. The molecule has 0 atom stereocenters. The van der Waals surface area contributed by atoms with Crippen molar-refractivity contribution < 1.29 is 27.9 Å². The average molecular weight is 340 g/mol. The van der Waals surface area contributed by atoms with Gasteiger partial charge in [-0.15, -0.1) is 0 Å². The second kappa shape index (κ2) is 8.37. The summed E-state index contributed by atoms with van der Waals surface area (Å²) in [5, 5.41) is 2.69. The largest absolute Gasteiger partial charge is 0.435 e. The van der Waals surface area contributed by atoms with Gasteiger partial charge in [-0.2, -0.15) is 8.78 Å². The smallest absolute Gasteiger partial charge is 0.387 e. The molecule has 0 radical (unpaired) electrons. The summed E-state index contributed by atoms with van der Waals surface area (Å²) in [7, 11) is 0. The van der Waals surface area contributed by atoms with Crippen molar-refractivity contribution in [3.8, 4) is 5.75 Å². The molecule has 1 aromatic rings. The zero-order valence-electron chi connectivity index (χ0n) is 13.0. The first-order valence-corrected chi connectivity index (χ1v) is 7.59. The summed E-state index contributed by atoms with van der Waals surface area (Å²) in [5.74, 6) is -0.643. The molecule has 1 aromatic carbocycles. The number of likely N-dealkylation sites (tertiary alicyclic amines) is 1. The zero-order chi connectivity index (χ0) is 17.5. The normalized spacial score (nSPS) is 14.4. The number of nitrogens with one attached hydrogen (secondary N) is 1. The Morgan fingerprint density at radius 2 is 1.79 bits per heavy atom. The Morgan fingerprint density at radius 1 is 1.17 bits per heavy atom. The molecule has 24 heavy (non-hydrogen) atoms. The summed E-state index contributed by atoms with van der Waals surface area (Å²) in [5.41, 5.74) is 0.863. The molecule has 0 aromatic heterocycles. The number of ether oxygens (including phenoxy) is 1. The van der Waals surface area contributed by atoms with Gasteiger partial charge < -0.3 is 10.1 Å². The molecular formula is C16H18F2N2O4. The first-order chi connectivity index (χ1) is 11.5. The third-order valence-electron chi connectivity index (χ3n) is 3.60. The Morgan fingerprint density at radius 3 is 2.38 bits per heavy atom. The van der Waals surface area contributed by atoms with Gasteiger partial charge in [0.25, 0.3) is 0 Å². The average Bonchev–Trinajstić information content (AvgIpc) is 2.85. The SMILES string of the molecule is O=C(CCN1C(=O)CCC1=O)NCCc1ccc(OC(F)F)cc1. The number of hydrogen-bond acceptors (Lipinski definition) is 4. The van der Waals surface area contributed by atoms with Gasteiger partial charge in [0.2, 0.25) is 17.7 Å². The highest BCUT2D eigenvalue weighted by atomic mass is 19.3. The summed E-state index contributed by atoms with van der Waals surface area (Å²) in [6, 6.07) is 6.17. The van der Waals surface area contributed by atoms with Gasteiger partial charge in [0.05, 0.1) is 0 Å². The summed E-state index contributed by atoms with van der Waals surface area (Å²) in [6.45, 7) is -2.39. The van der Waals surface area contributed by atoms with Gasteiger partial charge >= 0.3 is 6.61 Å². The van der Waals surface area contributed by atoms with E-state index >= 15 is 0 Å². The van der Waals surface area contributed by atoms with E-state index in [9.17, 15) is 23.2 Å². The van der Waals surface area contributed by atoms with Gasteiger partial charge in [0.1, 0.15) is 5.75 Å². The van der Waals surface area contributed by atoms with Crippen LogP contribution in [-0.2, 0) is 20.8 Å². The maximum absolute atomic E-state index is 12.0. The van der Waals surface area contributed by atoms with Crippen LogP contribution in [0.1, 0.15) is 24.8 Å². The predicted molar refractivity (Wildman–Crippen MR) is 80.4 cm³/mol. The lowest BCUT2D eigenvalue weighted by molar-refractivity contribution is -0.138. The Labute approximate surface area is 137 Å². The van der Waals surface area contributed by atoms with Crippen LogP contribution >= 0.6 is 0 Å². The molecule has 8 heteroatoms. The molecule has 3 amide bonds. The molecule has 0 unspecified atom stereocenters. The molecular weight excluding hydrogens is 322 g/mol. The van der Waals surface area contributed by atoms with Crippen LogP contribution in [0.5, 0.6) is 5.75 Å². The molecule has 1 saturated heterocycles. The highest BCUT2D eigenvalue weighted by Gasteiger charge is 2.28. The van der Waals surface area contributed by atoms with E-state index in [0.29, 0.717) is 13.0 Å². The number of alkyl halides is 2. The number of rotatable bonds is 8. The second-order valence-corrected chi connectivity index (χ2v) is 5.31. The van der Waals surface area contributed by atoms with Crippen molar-refractivity contribution in [3.05, 3.63) is 29.8 Å². The number of hydrogen-bond donors (Lipinski definition) is 1. The Hall–Kier alpha value is -2.51. The van der Waals surface area contributed by atoms with Crippen LogP contribution in [0.4, 0.5) is 8.78 Å². The van der Waals surface area contributed by atoms with Gasteiger partial charge in [-0.25, -0.2) is 0 Å². The van der Waals surface area contributed by atoms with Crippen molar-refractivity contribution in [3.63, 3.8) is 0 Å². The third-order valence-corrected chi connectivity index (χ3v) is 3.60. The van der Waals surface area contributed by atoms with E-state index in [4.69, 9.17) is 0 Å². The lowest BCUT2D eigenvalue weighted by Gasteiger charge is -2.13. The molecule has 0 saturated carbocycles. The summed E-state index contributed by atoms with van der Waals surface area (Å²) >= 11 is 0. The summed E-state index contributed by atoms with van der Waals surface area (Å²) < 4.78 is 28.3. The molecule has 1 aliphatic heterocycles. The number of carbonyl (C=O) groups is 3. The van der Waals surface area contributed by atoms with Crippen LogP contribution in [0.15, 0.2) is 24.3 Å². The molecule has 0 aliphatic carbocycles. The van der Waals surface area contributed by atoms with Crippen LogP contribution < -0.4 is 10.1 Å². The maximum Gasteiger partial charge on any atom is 0.387 e. The Kier molecular flexibility index (Phi) is 6.22. The molecule has 2 rings (SSSR count). The quantitative estimate of drug-likeness (QED) is 0.728. The highest BCUT2D eigenvalue weighted by molar-refractivity contribution is 6.02. The highest BCUT2D eigenvalue weighted by Crippen LogP contribution is 2.15. The van der Waals surface area contributed by atoms with Gasteiger partial charge in [-0.05, 0) is 24.1 Å². The van der Waals surface area contributed by atoms with Gasteiger partial charge in [0, 0.05) is 32.4 Å². The number of imide groups is 1. The number of amides is 3. The van der Waals surface area contributed by atoms with Crippen LogP contribution in [0.25, 0.3) is 0 Å². The fourth-order valence-electron chi connectivity index (χ4n) is 2.36. The zero-order valence-corrected chi connectivity index (χ0v) is 13.0. The molecule has 0 bridgehead atoms. The van der Waals surface area contributed by atoms with Crippen LogP contribution in [0.2, 0.25) is 0 Å². The molecule has 0 spiro atoms. The molecule has 1 heterocycles. The predicted octanol–water partition coefficient (Wildman–Crippen LogP) is 1.49. The topological polar surface area (TPSA) is 75.7 Å². The van der Waals surface area contributed by atoms with Gasteiger partial charge in [-0.3, -0.25) is 19.3 Å². The fourth-order valence-corrected chi connectivity index (χ4v) is 2.36. The minimum absolute atomic E-state index is 0.0681. The van der Waals surface area contributed by atoms with Crippen molar-refractivity contribution in [1.29, 1.82) is 0 Å². The van der Waals surface area contributed by atoms with E-state index in [1.807, 2.05) is 0 Å². The lowest BCUT2D eigenvalue weighted by Crippen LogP contribution is -2.34. The van der Waals surface area contributed by atoms with E-state index in [0.717, 1.165) is 10.5 Å². The van der Waals surface area contributed by atoms with E-state index in [-0.39, 0.29) is 49.3 Å². The van der Waals surface area contributed by atoms with E-state index in [2.05, 4.69) is 10.1 Å². The molecule has 130 valence electrons. The lowest BCUT2D eigenvalue weighted by atomic mass is 10.1. The van der Waals surface area contributed by atoms with Crippen molar-refractivity contribution >= 4 is 17.7 Å². The summed E-state index contributed by atoms with van der Waals surface area (Å²) in [4.78, 5) is 35.6. The molecule has 1 N–H and O–H groups in total. The standard InChI is InChI=1S/C16H18F2N2O4/c17-16(18)24-12-3-1-11(2-4-12)7-9-19-13(21)8-10-20-14(22)5-6-15(20)23/h1-4,16H,5-10H2,(H,19,21). The first-order valence-electron chi connectivity index (χ1n) is 7.59. The number of carbonyl (C=O) groups excluding carboxylic acids is 3. The summed E-state index contributed by atoms with van der Waals surface area (Å²) in [6.07, 6.45) is 1.03. The molecule has 6 nitrogen and oxygen atoms in total. The molecule has 1 fully saturated rings. The minimum atomic E-state index is -2.86. The van der Waals surface area contributed by atoms with Crippen LogP contribution in [0, 0.1) is 0 Å². The number of nitrogens with zero attached hydrogens (tertiary/aromatic N) is 1. The van der Waals surface area contributed by atoms with Gasteiger partial charge in [-0.1, -0.05) is 12.1 Å². The number of halogens is 2. The van der Waals surface area contributed by atoms with Crippen molar-refractivity contribution in [2.24, 2.45) is 0 Å². The third kappa shape index (κ3) is 5.29. The Bertz CT molecular complexity index is 589. The molecule has 1 aliphatic rings. The first kappa shape index (κ1) is 17.8. The number of benzene rings is 1. The fraction of sp³-hybridized carbons (Fsp3) is 0.438. The van der Waals surface area contributed by atoms with Crippen LogP contribution in [-0.4, -0.2) is 42.3 Å². The van der Waals surface area contributed by atoms with Crippen molar-refractivity contribution in [1.82, 2.24) is 10.2 Å². The second-order valence-electron chi connectivity index (χ2n) is 5.31. The van der Waals surface area contributed by atoms with E-state index in [1.165, 1.54) is 12.1 Å². The van der Waals surface area contributed by atoms with Gasteiger partial charge in [0.15, 0.2) is 0 Å². The van der Waals surface area contributed by atoms with E-state index in [1.54, 1.807) is 12.1 Å². The van der Waals surface area contributed by atoms with Crippen molar-refractivity contribution in [2.75, 3.05) is 13.1 Å². The Balaban J connectivity index is 1.67. The van der Waals surface area contributed by atoms with Crippen LogP contribution in [0.3, 0.4) is 0 Å². The monoisotopic (exact) mass is 340 g/mol. The van der Waals surface area contributed by atoms with Crippen molar-refractivity contribution in [2.45, 2.75) is 32.3 Å².